The van der Waals surface area contributed by atoms with Gasteiger partial charge in [0.1, 0.15) is 5.78 Å². The maximum atomic E-state index is 10.9. The molecule has 0 heterocycles. The quantitative estimate of drug-likeness (QED) is 0.199. The number of aryl methyl sites for hydroxylation is 1. The molecule has 0 aliphatic rings. The van der Waals surface area contributed by atoms with E-state index in [0.29, 0.717) is 5.78 Å². The van der Waals surface area contributed by atoms with Crippen LogP contribution in [-0.2, 0) is 11.2 Å². The third-order valence-electron chi connectivity index (χ3n) is 4.07. The molecular weight excluding hydrogens is 302 g/mol. The van der Waals surface area contributed by atoms with Gasteiger partial charge in [-0.3, -0.25) is 10.1 Å². The van der Waals surface area contributed by atoms with Gasteiger partial charge in [-0.2, -0.15) is 0 Å². The van der Waals surface area contributed by atoms with Gasteiger partial charge in [0.2, 0.25) is 0 Å². The van der Waals surface area contributed by atoms with Crippen molar-refractivity contribution in [3.63, 3.8) is 0 Å². The summed E-state index contributed by atoms with van der Waals surface area (Å²) >= 11 is 0. The number of para-hydroxylation sites is 1. The summed E-state index contributed by atoms with van der Waals surface area (Å²) in [5.74, 6) is 0.291. The molecule has 0 aliphatic heterocycles. The van der Waals surface area contributed by atoms with E-state index >= 15 is 0 Å². The number of nitro benzene ring substituents is 1. The first-order chi connectivity index (χ1) is 11.6. The molecule has 0 spiro atoms. The van der Waals surface area contributed by atoms with Crippen molar-refractivity contribution in [1.82, 2.24) is 0 Å². The van der Waals surface area contributed by atoms with Gasteiger partial charge in [-0.05, 0) is 45.4 Å². The maximum Gasteiger partial charge on any atom is 0.272 e. The molecule has 4 heteroatoms. The van der Waals surface area contributed by atoms with Gasteiger partial charge in [-0.25, -0.2) is 0 Å². The zero-order chi connectivity index (χ0) is 17.6. The van der Waals surface area contributed by atoms with E-state index in [0.717, 1.165) is 50.5 Å². The molecule has 1 aromatic carbocycles. The summed E-state index contributed by atoms with van der Waals surface area (Å²) in [6, 6.07) is 6.98. The van der Waals surface area contributed by atoms with Crippen LogP contribution in [0, 0.1) is 10.1 Å². The first kappa shape index (κ1) is 20.1. The van der Waals surface area contributed by atoms with Crippen LogP contribution in [0.1, 0.15) is 70.3 Å². The average molecular weight is 331 g/mol. The van der Waals surface area contributed by atoms with Gasteiger partial charge >= 0.3 is 0 Å². The molecule has 0 bridgehead atoms. The molecule has 0 radical (unpaired) electrons. The summed E-state index contributed by atoms with van der Waals surface area (Å²) < 4.78 is 0. The Kier molecular flexibility index (Phi) is 10.4. The monoisotopic (exact) mass is 331 g/mol. The van der Waals surface area contributed by atoms with Crippen LogP contribution in [-0.4, -0.2) is 10.7 Å². The van der Waals surface area contributed by atoms with Crippen molar-refractivity contribution >= 4 is 11.5 Å². The zero-order valence-electron chi connectivity index (χ0n) is 14.7. The van der Waals surface area contributed by atoms with Crippen LogP contribution in [0.3, 0.4) is 0 Å². The number of hydrogen-bond donors (Lipinski definition) is 0. The van der Waals surface area contributed by atoms with Crippen LogP contribution in [0.15, 0.2) is 36.4 Å². The Morgan fingerprint density at radius 2 is 1.62 bits per heavy atom. The molecule has 0 N–H and O–H groups in total. The predicted octanol–water partition coefficient (Wildman–Crippen LogP) is 5.79. The highest BCUT2D eigenvalue weighted by Gasteiger charge is 2.10. The third-order valence-corrected chi connectivity index (χ3v) is 4.07. The molecular formula is C20H29NO3. The van der Waals surface area contributed by atoms with Crippen LogP contribution in [0.2, 0.25) is 0 Å². The molecule has 24 heavy (non-hydrogen) atoms. The second kappa shape index (κ2) is 12.5. The molecule has 0 aromatic heterocycles. The number of hydrogen-bond acceptors (Lipinski definition) is 3. The second-order valence-corrected chi connectivity index (χ2v) is 6.26. The first-order valence-corrected chi connectivity index (χ1v) is 8.98. The Hall–Kier alpha value is -1.97. The van der Waals surface area contributed by atoms with Gasteiger partial charge in [-0.15, -0.1) is 0 Å². The molecule has 4 nitrogen and oxygen atoms in total. The van der Waals surface area contributed by atoms with Crippen molar-refractivity contribution in [2.24, 2.45) is 0 Å². The van der Waals surface area contributed by atoms with Crippen molar-refractivity contribution in [2.45, 2.75) is 71.1 Å². The van der Waals surface area contributed by atoms with Crippen LogP contribution in [0.25, 0.3) is 0 Å². The van der Waals surface area contributed by atoms with Gasteiger partial charge < -0.3 is 4.79 Å². The van der Waals surface area contributed by atoms with E-state index < -0.39 is 0 Å². The number of carbonyl (C=O) groups excluding carboxylic acids is 1. The summed E-state index contributed by atoms with van der Waals surface area (Å²) in [7, 11) is 0. The number of benzene rings is 1. The smallest absolute Gasteiger partial charge is 0.272 e. The Morgan fingerprint density at radius 3 is 2.33 bits per heavy atom. The summed E-state index contributed by atoms with van der Waals surface area (Å²) in [4.78, 5) is 21.4. The highest BCUT2D eigenvalue weighted by molar-refractivity contribution is 5.75. The Morgan fingerprint density at radius 1 is 1.00 bits per heavy atom. The van der Waals surface area contributed by atoms with E-state index in [-0.39, 0.29) is 10.6 Å². The fourth-order valence-corrected chi connectivity index (χ4v) is 2.71. The van der Waals surface area contributed by atoms with Crippen molar-refractivity contribution in [2.75, 3.05) is 0 Å². The van der Waals surface area contributed by atoms with Crippen LogP contribution >= 0.6 is 0 Å². The van der Waals surface area contributed by atoms with Gasteiger partial charge in [0, 0.05) is 18.1 Å². The number of allylic oxidation sites excluding steroid dienone is 2. The molecule has 1 rings (SSSR count). The minimum absolute atomic E-state index is 0.228. The van der Waals surface area contributed by atoms with Crippen molar-refractivity contribution < 1.29 is 9.72 Å². The number of nitrogens with zero attached hydrogens (tertiary/aromatic N) is 1. The fourth-order valence-electron chi connectivity index (χ4n) is 2.71. The van der Waals surface area contributed by atoms with Gasteiger partial charge in [-0.1, -0.05) is 49.6 Å². The topological polar surface area (TPSA) is 60.2 Å². The van der Waals surface area contributed by atoms with E-state index in [2.05, 4.69) is 12.2 Å². The number of ketones is 1. The van der Waals surface area contributed by atoms with Gasteiger partial charge in [0.05, 0.1) is 4.92 Å². The summed E-state index contributed by atoms with van der Waals surface area (Å²) in [5.41, 5.74) is 1.05. The van der Waals surface area contributed by atoms with Crippen LogP contribution < -0.4 is 0 Å². The van der Waals surface area contributed by atoms with E-state index in [1.54, 1.807) is 19.1 Å². The van der Waals surface area contributed by atoms with Crippen molar-refractivity contribution in [3.8, 4) is 0 Å². The highest BCUT2D eigenvalue weighted by atomic mass is 16.6. The van der Waals surface area contributed by atoms with Crippen LogP contribution in [0.5, 0.6) is 0 Å². The summed E-state index contributed by atoms with van der Waals surface area (Å²) in [6.45, 7) is 1.65. The van der Waals surface area contributed by atoms with Crippen LogP contribution in [0.4, 0.5) is 5.69 Å². The predicted molar refractivity (Wildman–Crippen MR) is 98.2 cm³/mol. The zero-order valence-corrected chi connectivity index (χ0v) is 14.7. The minimum atomic E-state index is -0.304. The van der Waals surface area contributed by atoms with E-state index in [4.69, 9.17) is 0 Å². The SMILES string of the molecule is CC(=O)CCCCCCC/C=C/CCCc1ccccc1[N+](=O)[O-]. The molecule has 0 aliphatic carbocycles. The fraction of sp³-hybridized carbons (Fsp3) is 0.550. The lowest BCUT2D eigenvalue weighted by atomic mass is 10.1. The summed E-state index contributed by atoms with van der Waals surface area (Å²) in [6.07, 6.45) is 14.7. The molecule has 0 fully saturated rings. The minimum Gasteiger partial charge on any atom is -0.300 e. The number of Topliss-reactive ketones (excluding diaryl/α,β-unsaturated/α-hetero) is 1. The number of nitro groups is 1. The maximum absolute atomic E-state index is 10.9. The Bertz CT molecular complexity index is 537. The van der Waals surface area contributed by atoms with Crippen molar-refractivity contribution in [3.05, 3.63) is 52.1 Å². The van der Waals surface area contributed by atoms with E-state index in [9.17, 15) is 14.9 Å². The van der Waals surface area contributed by atoms with Gasteiger partial charge in [0.15, 0.2) is 0 Å². The lowest BCUT2D eigenvalue weighted by Gasteiger charge is -2.01. The van der Waals surface area contributed by atoms with E-state index in [1.807, 2.05) is 12.1 Å². The van der Waals surface area contributed by atoms with Gasteiger partial charge in [0.25, 0.3) is 5.69 Å². The molecule has 0 unspecified atom stereocenters. The molecule has 0 saturated heterocycles. The lowest BCUT2D eigenvalue weighted by molar-refractivity contribution is -0.385. The lowest BCUT2D eigenvalue weighted by Crippen LogP contribution is -1.94. The summed E-state index contributed by atoms with van der Waals surface area (Å²) in [5, 5.41) is 10.9. The Balaban J connectivity index is 2.04. The highest BCUT2D eigenvalue weighted by Crippen LogP contribution is 2.19. The molecule has 1 aromatic rings. The second-order valence-electron chi connectivity index (χ2n) is 6.26. The standard InChI is InChI=1S/C20H29NO3/c1-18(22)14-10-8-6-4-2-3-5-7-9-11-15-19-16-12-13-17-20(19)21(23)24/h5,7,12-13,16-17H,2-4,6,8-11,14-15H2,1H3/b7-5+. The number of rotatable bonds is 13. The average Bonchev–Trinajstić information content (AvgIpc) is 2.55. The molecule has 0 atom stereocenters. The number of unbranched alkanes of at least 4 members (excludes halogenated alkanes) is 6. The molecule has 132 valence electrons. The first-order valence-electron chi connectivity index (χ1n) is 8.98. The molecule has 0 amide bonds. The number of carbonyl (C=O) groups is 1. The third kappa shape index (κ3) is 9.23. The van der Waals surface area contributed by atoms with Crippen molar-refractivity contribution in [1.29, 1.82) is 0 Å². The normalized spacial score (nSPS) is 11.0. The Labute approximate surface area is 145 Å². The molecule has 0 saturated carbocycles. The van der Waals surface area contributed by atoms with E-state index in [1.165, 1.54) is 19.3 Å². The largest absolute Gasteiger partial charge is 0.300 e.